The van der Waals surface area contributed by atoms with E-state index in [4.69, 9.17) is 5.41 Å². The molecule has 0 bridgehead atoms. The number of hydrogen-bond donors (Lipinski definition) is 3. The van der Waals surface area contributed by atoms with Crippen LogP contribution in [-0.2, 0) is 12.8 Å². The fourth-order valence-corrected chi connectivity index (χ4v) is 6.47. The first kappa shape index (κ1) is 18.4. The largest absolute Gasteiger partial charge is 0.326 e. The Hall–Kier alpha value is -2.37. The molecule has 148 valence electrons. The molecule has 0 spiro atoms. The van der Waals surface area contributed by atoms with Gasteiger partial charge in [0.2, 0.25) is 0 Å². The average molecular weight is 521 g/mol. The maximum Gasteiger partial charge on any atom is 0.197 e. The zero-order valence-corrected chi connectivity index (χ0v) is 19.3. The van der Waals surface area contributed by atoms with Gasteiger partial charge in [-0.25, -0.2) is 0 Å². The van der Waals surface area contributed by atoms with Crippen molar-refractivity contribution < 1.29 is 0 Å². The van der Waals surface area contributed by atoms with E-state index < -0.39 is 0 Å². The summed E-state index contributed by atoms with van der Waals surface area (Å²) in [4.78, 5) is 0.742. The van der Waals surface area contributed by atoms with Crippen LogP contribution in [0.15, 0.2) is 60.7 Å². The van der Waals surface area contributed by atoms with Crippen molar-refractivity contribution in [2.75, 3.05) is 10.6 Å². The summed E-state index contributed by atoms with van der Waals surface area (Å²) in [7, 11) is 0. The van der Waals surface area contributed by atoms with Crippen molar-refractivity contribution in [1.82, 2.24) is 0 Å². The zero-order chi connectivity index (χ0) is 20.4. The van der Waals surface area contributed by atoms with E-state index >= 15 is 0 Å². The second-order valence-corrected chi connectivity index (χ2v) is 10.3. The first-order chi connectivity index (χ1) is 14.6. The minimum atomic E-state index is 0.276. The molecule has 0 aromatic heterocycles. The van der Waals surface area contributed by atoms with Crippen LogP contribution in [-0.4, -0.2) is 5.96 Å². The molecule has 0 heterocycles. The van der Waals surface area contributed by atoms with Gasteiger partial charge in [0, 0.05) is 31.8 Å². The van der Waals surface area contributed by atoms with E-state index in [1.165, 1.54) is 43.8 Å². The van der Waals surface area contributed by atoms with Gasteiger partial charge >= 0.3 is 0 Å². The van der Waals surface area contributed by atoms with E-state index in [1.54, 1.807) is 0 Å². The summed E-state index contributed by atoms with van der Waals surface area (Å²) in [5, 5.41) is 20.1. The van der Waals surface area contributed by atoms with Gasteiger partial charge in [-0.1, -0.05) is 80.4 Å². The lowest BCUT2D eigenvalue weighted by molar-refractivity contribution is 1.01. The fraction of sp³-hybridized carbons (Fsp3) is 0.160. The molecule has 4 aromatic rings. The van der Waals surface area contributed by atoms with Gasteiger partial charge in [-0.05, 0) is 58.0 Å². The minimum absolute atomic E-state index is 0.276. The summed E-state index contributed by atoms with van der Waals surface area (Å²) >= 11 is 7.59. The first-order valence-corrected chi connectivity index (χ1v) is 11.9. The van der Waals surface area contributed by atoms with Gasteiger partial charge in [-0.3, -0.25) is 5.41 Å². The maximum absolute atomic E-state index is 8.60. The first-order valence-electron chi connectivity index (χ1n) is 10.1. The van der Waals surface area contributed by atoms with Gasteiger partial charge in [-0.2, -0.15) is 0 Å². The fourth-order valence-electron chi connectivity index (χ4n) is 5.01. The molecule has 0 aliphatic heterocycles. The SMILES string of the molecule is N=C(Nc1ccc2c3c(cccc13)C(Br)C2)Nc1ccc2c3c(cccc13)C(Br)C2. The van der Waals surface area contributed by atoms with Crippen molar-refractivity contribution in [3.8, 4) is 0 Å². The Morgan fingerprint density at radius 2 is 1.17 bits per heavy atom. The van der Waals surface area contributed by atoms with Crippen molar-refractivity contribution >= 4 is 70.7 Å². The average Bonchev–Trinajstić information content (AvgIpc) is 3.25. The van der Waals surface area contributed by atoms with Crippen LogP contribution in [0.1, 0.15) is 31.9 Å². The molecular weight excluding hydrogens is 502 g/mol. The molecule has 0 fully saturated rings. The van der Waals surface area contributed by atoms with Crippen molar-refractivity contribution in [3.05, 3.63) is 82.9 Å². The predicted octanol–water partition coefficient (Wildman–Crippen LogP) is 7.44. The van der Waals surface area contributed by atoms with Gasteiger partial charge in [0.15, 0.2) is 5.96 Å². The predicted molar refractivity (Wildman–Crippen MR) is 134 cm³/mol. The maximum atomic E-state index is 8.60. The standard InChI is InChI=1S/C25H19Br2N3/c26-19-11-13-7-9-21(17-5-1-3-15(19)23(13)17)29-25(28)30-22-10-8-14-12-20(27)16-4-2-6-18(22)24(14)16/h1-10,19-20H,11-12H2,(H3,28,29,30). The number of rotatable bonds is 2. The van der Waals surface area contributed by atoms with E-state index in [0.717, 1.165) is 24.2 Å². The number of halogens is 2. The second-order valence-electron chi connectivity index (χ2n) is 8.05. The molecule has 3 N–H and O–H groups in total. The van der Waals surface area contributed by atoms with Gasteiger partial charge in [0.05, 0.1) is 0 Å². The van der Waals surface area contributed by atoms with Crippen LogP contribution in [0, 0.1) is 5.41 Å². The Balaban J connectivity index is 1.35. The highest BCUT2D eigenvalue weighted by atomic mass is 79.9. The van der Waals surface area contributed by atoms with Crippen molar-refractivity contribution in [3.63, 3.8) is 0 Å². The third kappa shape index (κ3) is 2.72. The molecule has 2 aliphatic rings. The Kier molecular flexibility index (Phi) is 4.19. The van der Waals surface area contributed by atoms with Crippen LogP contribution >= 0.6 is 31.9 Å². The number of nitrogens with one attached hydrogen (secondary N) is 3. The van der Waals surface area contributed by atoms with Gasteiger partial charge in [0.25, 0.3) is 0 Å². The van der Waals surface area contributed by atoms with Gasteiger partial charge < -0.3 is 10.6 Å². The highest BCUT2D eigenvalue weighted by Crippen LogP contribution is 2.45. The lowest BCUT2D eigenvalue weighted by Gasteiger charge is -2.15. The lowest BCUT2D eigenvalue weighted by Crippen LogP contribution is -2.20. The molecular formula is C25H19Br2N3. The van der Waals surface area contributed by atoms with E-state index in [0.29, 0.717) is 9.65 Å². The summed E-state index contributed by atoms with van der Waals surface area (Å²) in [6.07, 6.45) is 2.03. The van der Waals surface area contributed by atoms with Crippen LogP contribution in [0.5, 0.6) is 0 Å². The van der Waals surface area contributed by atoms with Crippen LogP contribution < -0.4 is 10.6 Å². The second kappa shape index (κ2) is 6.82. The van der Waals surface area contributed by atoms with E-state index in [1.807, 2.05) is 0 Å². The summed E-state index contributed by atoms with van der Waals surface area (Å²) in [6.45, 7) is 0. The van der Waals surface area contributed by atoms with Crippen LogP contribution in [0.25, 0.3) is 21.5 Å². The normalized spacial score (nSPS) is 18.9. The molecule has 3 nitrogen and oxygen atoms in total. The Morgan fingerprint density at radius 1 is 0.700 bits per heavy atom. The minimum Gasteiger partial charge on any atom is -0.326 e. The smallest absolute Gasteiger partial charge is 0.197 e. The third-order valence-corrected chi connectivity index (χ3v) is 7.94. The van der Waals surface area contributed by atoms with Crippen molar-refractivity contribution in [2.45, 2.75) is 22.5 Å². The topological polar surface area (TPSA) is 47.9 Å². The molecule has 2 unspecified atom stereocenters. The number of guanidine groups is 1. The molecule has 6 rings (SSSR count). The Morgan fingerprint density at radius 3 is 1.63 bits per heavy atom. The number of benzene rings is 4. The van der Waals surface area contributed by atoms with E-state index in [-0.39, 0.29) is 5.96 Å². The van der Waals surface area contributed by atoms with Gasteiger partial charge in [0.1, 0.15) is 0 Å². The molecule has 0 saturated heterocycles. The van der Waals surface area contributed by atoms with Crippen LogP contribution in [0.4, 0.5) is 11.4 Å². The number of alkyl halides is 2. The van der Waals surface area contributed by atoms with Crippen LogP contribution in [0.2, 0.25) is 0 Å². The van der Waals surface area contributed by atoms with E-state index in [9.17, 15) is 0 Å². The Bertz CT molecular complexity index is 1260. The molecule has 30 heavy (non-hydrogen) atoms. The summed E-state index contributed by atoms with van der Waals surface area (Å²) in [5.74, 6) is 0.276. The quantitative estimate of drug-likeness (QED) is 0.146. The molecule has 0 amide bonds. The lowest BCUT2D eigenvalue weighted by atomic mass is 10.0. The Labute approximate surface area is 191 Å². The third-order valence-electron chi connectivity index (χ3n) is 6.31. The highest BCUT2D eigenvalue weighted by Gasteiger charge is 2.24. The number of anilines is 2. The van der Waals surface area contributed by atoms with Crippen molar-refractivity contribution in [1.29, 1.82) is 5.41 Å². The molecule has 2 atom stereocenters. The molecule has 0 saturated carbocycles. The number of hydrogen-bond acceptors (Lipinski definition) is 1. The summed E-state index contributed by atoms with van der Waals surface area (Å²) in [6, 6.07) is 21.4. The van der Waals surface area contributed by atoms with Gasteiger partial charge in [-0.15, -0.1) is 0 Å². The molecule has 2 aliphatic carbocycles. The van der Waals surface area contributed by atoms with E-state index in [2.05, 4.69) is 103 Å². The molecule has 0 radical (unpaired) electrons. The van der Waals surface area contributed by atoms with Crippen molar-refractivity contribution in [2.24, 2.45) is 0 Å². The van der Waals surface area contributed by atoms with Crippen LogP contribution in [0.3, 0.4) is 0 Å². The molecule has 5 heteroatoms. The summed E-state index contributed by atoms with van der Waals surface area (Å²) in [5.41, 5.74) is 7.32. The molecule has 4 aromatic carbocycles. The summed E-state index contributed by atoms with van der Waals surface area (Å²) < 4.78 is 0. The monoisotopic (exact) mass is 519 g/mol. The highest BCUT2D eigenvalue weighted by molar-refractivity contribution is 9.09. The zero-order valence-electron chi connectivity index (χ0n) is 16.1.